The summed E-state index contributed by atoms with van der Waals surface area (Å²) in [5.74, 6) is -0.120. The molecule has 0 unspecified atom stereocenters. The Kier molecular flexibility index (Phi) is 5.20. The molecule has 0 bridgehead atoms. The first kappa shape index (κ1) is 18.7. The Morgan fingerprint density at radius 2 is 2.07 bits per heavy atom. The maximum Gasteiger partial charge on any atom is 0.295 e. The summed E-state index contributed by atoms with van der Waals surface area (Å²) in [6.07, 6.45) is 4.24. The molecule has 0 spiro atoms. The number of hydrogen-bond donors (Lipinski definition) is 1. The number of rotatable bonds is 5. The van der Waals surface area contributed by atoms with E-state index in [0.717, 1.165) is 0 Å². The number of aromatic nitrogens is 3. The van der Waals surface area contributed by atoms with Crippen LogP contribution in [-0.4, -0.2) is 53.5 Å². The Labute approximate surface area is 165 Å². The Balaban J connectivity index is 1.36. The molecular weight excluding hydrogens is 402 g/mol. The highest BCUT2D eigenvalue weighted by Crippen LogP contribution is 2.20. The SMILES string of the molecule is O=C(c1noc(-c2cccnc2)n1)N1CCC(NS(=O)(=O)c2cccs2)CC1. The molecule has 0 saturated carbocycles. The quantitative estimate of drug-likeness (QED) is 0.669. The van der Waals surface area contributed by atoms with Gasteiger partial charge in [-0.3, -0.25) is 9.78 Å². The number of nitrogens with zero attached hydrogens (tertiary/aromatic N) is 4. The molecule has 11 heteroatoms. The van der Waals surface area contributed by atoms with Crippen LogP contribution in [0.4, 0.5) is 0 Å². The van der Waals surface area contributed by atoms with Gasteiger partial charge in [-0.1, -0.05) is 11.2 Å². The number of hydrogen-bond acceptors (Lipinski definition) is 8. The van der Waals surface area contributed by atoms with Crippen LogP contribution in [0.3, 0.4) is 0 Å². The summed E-state index contributed by atoms with van der Waals surface area (Å²) in [5, 5.41) is 5.49. The van der Waals surface area contributed by atoms with Crippen molar-refractivity contribution in [2.24, 2.45) is 0 Å². The smallest absolute Gasteiger partial charge is 0.295 e. The van der Waals surface area contributed by atoms with Gasteiger partial charge in [-0.05, 0) is 36.4 Å². The van der Waals surface area contributed by atoms with Crippen molar-refractivity contribution in [3.05, 3.63) is 47.9 Å². The van der Waals surface area contributed by atoms with Crippen LogP contribution >= 0.6 is 11.3 Å². The summed E-state index contributed by atoms with van der Waals surface area (Å²) in [6, 6.07) is 6.56. The number of carbonyl (C=O) groups is 1. The molecule has 0 radical (unpaired) electrons. The fourth-order valence-electron chi connectivity index (χ4n) is 2.95. The zero-order valence-electron chi connectivity index (χ0n) is 14.7. The van der Waals surface area contributed by atoms with E-state index in [4.69, 9.17) is 4.52 Å². The zero-order valence-corrected chi connectivity index (χ0v) is 16.3. The van der Waals surface area contributed by atoms with Crippen molar-refractivity contribution in [2.75, 3.05) is 13.1 Å². The molecule has 28 heavy (non-hydrogen) atoms. The normalized spacial score (nSPS) is 15.6. The first-order valence-corrected chi connectivity index (χ1v) is 11.0. The van der Waals surface area contributed by atoms with E-state index in [0.29, 0.717) is 35.7 Å². The van der Waals surface area contributed by atoms with Crippen molar-refractivity contribution in [1.29, 1.82) is 0 Å². The van der Waals surface area contributed by atoms with E-state index in [1.165, 1.54) is 11.3 Å². The molecule has 0 aromatic carbocycles. The van der Waals surface area contributed by atoms with Gasteiger partial charge in [0.05, 0.1) is 5.56 Å². The average Bonchev–Trinajstić information content (AvgIpc) is 3.41. The predicted molar refractivity (Wildman–Crippen MR) is 101 cm³/mol. The van der Waals surface area contributed by atoms with Gasteiger partial charge in [0.1, 0.15) is 4.21 Å². The van der Waals surface area contributed by atoms with E-state index in [1.807, 2.05) is 0 Å². The topological polar surface area (TPSA) is 118 Å². The van der Waals surface area contributed by atoms with Crippen LogP contribution in [-0.2, 0) is 10.0 Å². The fraction of sp³-hybridized carbons (Fsp3) is 0.294. The van der Waals surface area contributed by atoms with Crippen LogP contribution in [0, 0.1) is 0 Å². The molecule has 146 valence electrons. The van der Waals surface area contributed by atoms with Crippen LogP contribution in [0.15, 0.2) is 50.8 Å². The van der Waals surface area contributed by atoms with Crippen molar-refractivity contribution < 1.29 is 17.7 Å². The molecule has 1 aliphatic heterocycles. The average molecular weight is 419 g/mol. The number of likely N-dealkylation sites (tertiary alicyclic amines) is 1. The second-order valence-corrected chi connectivity index (χ2v) is 9.17. The third-order valence-corrected chi connectivity index (χ3v) is 7.31. The summed E-state index contributed by atoms with van der Waals surface area (Å²) in [6.45, 7) is 0.820. The van der Waals surface area contributed by atoms with Gasteiger partial charge in [0.25, 0.3) is 17.6 Å². The third kappa shape index (κ3) is 3.96. The van der Waals surface area contributed by atoms with Crippen molar-refractivity contribution >= 4 is 27.3 Å². The van der Waals surface area contributed by atoms with Gasteiger partial charge in [-0.2, -0.15) is 4.98 Å². The molecule has 0 atom stereocenters. The molecule has 1 amide bonds. The lowest BCUT2D eigenvalue weighted by Gasteiger charge is -2.31. The Bertz CT molecular complexity index is 1040. The highest BCUT2D eigenvalue weighted by atomic mass is 32.2. The predicted octanol–water partition coefficient (Wildman–Crippen LogP) is 1.78. The van der Waals surface area contributed by atoms with Gasteiger partial charge in [-0.25, -0.2) is 13.1 Å². The van der Waals surface area contributed by atoms with Gasteiger partial charge >= 0.3 is 0 Å². The van der Waals surface area contributed by atoms with E-state index in [2.05, 4.69) is 19.8 Å². The summed E-state index contributed by atoms with van der Waals surface area (Å²) in [4.78, 5) is 22.3. The highest BCUT2D eigenvalue weighted by molar-refractivity contribution is 7.91. The number of pyridine rings is 1. The number of thiophene rings is 1. The lowest BCUT2D eigenvalue weighted by molar-refractivity contribution is 0.0695. The monoisotopic (exact) mass is 419 g/mol. The van der Waals surface area contributed by atoms with Gasteiger partial charge < -0.3 is 9.42 Å². The van der Waals surface area contributed by atoms with Crippen molar-refractivity contribution in [2.45, 2.75) is 23.1 Å². The van der Waals surface area contributed by atoms with Crippen LogP contribution < -0.4 is 4.72 Å². The van der Waals surface area contributed by atoms with Gasteiger partial charge in [0.15, 0.2) is 0 Å². The van der Waals surface area contributed by atoms with Crippen LogP contribution in [0.25, 0.3) is 11.5 Å². The van der Waals surface area contributed by atoms with E-state index < -0.39 is 10.0 Å². The second-order valence-electron chi connectivity index (χ2n) is 6.28. The molecule has 1 fully saturated rings. The van der Waals surface area contributed by atoms with Crippen LogP contribution in [0.2, 0.25) is 0 Å². The second kappa shape index (κ2) is 7.78. The Morgan fingerprint density at radius 1 is 1.25 bits per heavy atom. The largest absolute Gasteiger partial charge is 0.336 e. The minimum absolute atomic E-state index is 0.0172. The van der Waals surface area contributed by atoms with Gasteiger partial charge in [0.2, 0.25) is 10.0 Å². The Morgan fingerprint density at radius 3 is 2.75 bits per heavy atom. The van der Waals surface area contributed by atoms with Gasteiger partial charge in [-0.15, -0.1) is 11.3 Å². The minimum atomic E-state index is -3.51. The Hall–Kier alpha value is -2.63. The van der Waals surface area contributed by atoms with E-state index in [-0.39, 0.29) is 23.7 Å². The molecule has 9 nitrogen and oxygen atoms in total. The molecule has 1 saturated heterocycles. The molecule has 3 aromatic heterocycles. The number of amides is 1. The zero-order chi connectivity index (χ0) is 19.6. The number of piperidine rings is 1. The van der Waals surface area contributed by atoms with Crippen LogP contribution in [0.1, 0.15) is 23.5 Å². The summed E-state index contributed by atoms with van der Waals surface area (Å²) < 4.78 is 32.8. The van der Waals surface area contributed by atoms with Crippen molar-refractivity contribution in [3.63, 3.8) is 0 Å². The lowest BCUT2D eigenvalue weighted by Crippen LogP contribution is -2.46. The van der Waals surface area contributed by atoms with E-state index >= 15 is 0 Å². The molecule has 4 rings (SSSR count). The highest BCUT2D eigenvalue weighted by Gasteiger charge is 2.29. The van der Waals surface area contributed by atoms with E-state index in [1.54, 1.807) is 46.9 Å². The number of carbonyl (C=O) groups excluding carboxylic acids is 1. The maximum absolute atomic E-state index is 12.6. The maximum atomic E-state index is 12.6. The van der Waals surface area contributed by atoms with Crippen molar-refractivity contribution in [3.8, 4) is 11.5 Å². The lowest BCUT2D eigenvalue weighted by atomic mass is 10.1. The molecule has 1 N–H and O–H groups in total. The summed E-state index contributed by atoms with van der Waals surface area (Å²) in [7, 11) is -3.51. The molecule has 4 heterocycles. The molecule has 1 aliphatic rings. The number of sulfonamides is 1. The van der Waals surface area contributed by atoms with Crippen molar-refractivity contribution in [1.82, 2.24) is 24.7 Å². The van der Waals surface area contributed by atoms with Gasteiger partial charge in [0, 0.05) is 31.5 Å². The standard InChI is InChI=1S/C17H17N5O4S2/c23-17(15-19-16(26-20-15)12-3-1-7-18-11-12)22-8-5-13(6-9-22)21-28(24,25)14-4-2-10-27-14/h1-4,7,10-11,13,21H,5-6,8-9H2. The minimum Gasteiger partial charge on any atom is -0.336 e. The first-order valence-electron chi connectivity index (χ1n) is 8.62. The van der Waals surface area contributed by atoms with Crippen LogP contribution in [0.5, 0.6) is 0 Å². The summed E-state index contributed by atoms with van der Waals surface area (Å²) in [5.41, 5.74) is 0.635. The molecule has 3 aromatic rings. The summed E-state index contributed by atoms with van der Waals surface area (Å²) >= 11 is 1.18. The third-order valence-electron chi connectivity index (χ3n) is 4.39. The van der Waals surface area contributed by atoms with E-state index in [9.17, 15) is 13.2 Å². The first-order chi connectivity index (χ1) is 13.5. The number of nitrogens with one attached hydrogen (secondary N) is 1. The molecular formula is C17H17N5O4S2. The fourth-order valence-corrected chi connectivity index (χ4v) is 5.27. The molecule has 0 aliphatic carbocycles.